The molecule has 1 aromatic heterocycles. The van der Waals surface area contributed by atoms with Crippen LogP contribution in [0.1, 0.15) is 20.3 Å². The standard InChI is InChI=1S/C15H22N2O4S2/c1-12(2)9-16(13-6-8-23(20,21)11-13)14(18)10-22-15-5-3-4-7-17(15)19/h3-5,7,12-13H,6,8-11H2,1-2H3/t13-/m1/s1. The molecule has 8 heteroatoms. The van der Waals surface area contributed by atoms with Gasteiger partial charge in [0.05, 0.1) is 17.3 Å². The van der Waals surface area contributed by atoms with E-state index in [0.29, 0.717) is 18.0 Å². The lowest BCUT2D eigenvalue weighted by molar-refractivity contribution is -0.645. The van der Waals surface area contributed by atoms with Crippen LogP contribution >= 0.6 is 11.8 Å². The minimum absolute atomic E-state index is 0.0447. The first kappa shape index (κ1) is 18.1. The van der Waals surface area contributed by atoms with Gasteiger partial charge in [-0.25, -0.2) is 8.42 Å². The second-order valence-electron chi connectivity index (χ2n) is 6.15. The van der Waals surface area contributed by atoms with Crippen molar-refractivity contribution in [3.8, 4) is 0 Å². The summed E-state index contributed by atoms with van der Waals surface area (Å²) in [5.74, 6) is 0.466. The van der Waals surface area contributed by atoms with Gasteiger partial charge in [0, 0.05) is 24.7 Å². The van der Waals surface area contributed by atoms with Crippen LogP contribution in [0, 0.1) is 11.1 Å². The first-order valence-electron chi connectivity index (χ1n) is 7.59. The summed E-state index contributed by atoms with van der Waals surface area (Å²) in [7, 11) is -3.04. The summed E-state index contributed by atoms with van der Waals surface area (Å²) in [6, 6.07) is 4.80. The van der Waals surface area contributed by atoms with Crippen molar-refractivity contribution >= 4 is 27.5 Å². The first-order valence-corrected chi connectivity index (χ1v) is 10.4. The van der Waals surface area contributed by atoms with Crippen molar-refractivity contribution in [3.63, 3.8) is 0 Å². The molecule has 0 unspecified atom stereocenters. The van der Waals surface area contributed by atoms with Gasteiger partial charge in [-0.1, -0.05) is 13.8 Å². The number of nitrogens with zero attached hydrogens (tertiary/aromatic N) is 2. The van der Waals surface area contributed by atoms with E-state index in [2.05, 4.69) is 0 Å². The molecule has 1 fully saturated rings. The lowest BCUT2D eigenvalue weighted by Crippen LogP contribution is -2.44. The lowest BCUT2D eigenvalue weighted by atomic mass is 10.1. The highest BCUT2D eigenvalue weighted by molar-refractivity contribution is 7.99. The largest absolute Gasteiger partial charge is 0.618 e. The molecular weight excluding hydrogens is 336 g/mol. The highest BCUT2D eigenvalue weighted by atomic mass is 32.2. The summed E-state index contributed by atoms with van der Waals surface area (Å²) in [6.07, 6.45) is 1.89. The molecule has 0 aliphatic carbocycles. The number of hydrogen-bond donors (Lipinski definition) is 0. The van der Waals surface area contributed by atoms with E-state index in [-0.39, 0.29) is 35.1 Å². The van der Waals surface area contributed by atoms with Crippen LogP contribution in [-0.2, 0) is 14.6 Å². The molecule has 128 valence electrons. The number of amides is 1. The van der Waals surface area contributed by atoms with Gasteiger partial charge in [-0.3, -0.25) is 4.79 Å². The maximum Gasteiger partial charge on any atom is 0.251 e. The van der Waals surface area contributed by atoms with E-state index in [1.807, 2.05) is 13.8 Å². The third kappa shape index (κ3) is 5.10. The number of thioether (sulfide) groups is 1. The van der Waals surface area contributed by atoms with Crippen LogP contribution in [0.4, 0.5) is 0 Å². The fourth-order valence-corrected chi connectivity index (χ4v) is 5.14. The minimum atomic E-state index is -3.04. The fourth-order valence-electron chi connectivity index (χ4n) is 2.61. The Morgan fingerprint density at radius 3 is 2.78 bits per heavy atom. The summed E-state index contributed by atoms with van der Waals surface area (Å²) in [4.78, 5) is 14.2. The molecule has 0 N–H and O–H groups in total. The van der Waals surface area contributed by atoms with Crippen molar-refractivity contribution in [1.82, 2.24) is 4.90 Å². The maximum atomic E-state index is 12.6. The second-order valence-corrected chi connectivity index (χ2v) is 9.37. The molecule has 1 aliphatic rings. The van der Waals surface area contributed by atoms with Crippen LogP contribution in [0.5, 0.6) is 0 Å². The molecule has 1 aromatic rings. The Bertz CT molecular complexity index is 661. The number of rotatable bonds is 6. The third-order valence-corrected chi connectivity index (χ3v) is 6.42. The molecule has 23 heavy (non-hydrogen) atoms. The number of aromatic nitrogens is 1. The van der Waals surface area contributed by atoms with Crippen molar-refractivity contribution < 1.29 is 17.9 Å². The number of hydrogen-bond acceptors (Lipinski definition) is 5. The molecule has 0 saturated carbocycles. The molecule has 2 rings (SSSR count). The summed E-state index contributed by atoms with van der Waals surface area (Å²) in [5, 5.41) is 12.1. The van der Waals surface area contributed by atoms with E-state index in [0.717, 1.165) is 4.73 Å². The Morgan fingerprint density at radius 2 is 2.22 bits per heavy atom. The van der Waals surface area contributed by atoms with E-state index in [1.54, 1.807) is 23.1 Å². The van der Waals surface area contributed by atoms with E-state index >= 15 is 0 Å². The molecule has 0 bridgehead atoms. The molecule has 6 nitrogen and oxygen atoms in total. The fraction of sp³-hybridized carbons (Fsp3) is 0.600. The van der Waals surface area contributed by atoms with Crippen molar-refractivity contribution in [2.45, 2.75) is 31.3 Å². The van der Waals surface area contributed by atoms with E-state index in [1.165, 1.54) is 18.0 Å². The SMILES string of the molecule is CC(C)CN(C(=O)CSc1cccc[n+]1[O-])[C@@H]1CCS(=O)(=O)C1. The average molecular weight is 358 g/mol. The number of sulfone groups is 1. The molecule has 1 amide bonds. The van der Waals surface area contributed by atoms with Crippen molar-refractivity contribution in [3.05, 3.63) is 29.6 Å². The predicted octanol–water partition coefficient (Wildman–Crippen LogP) is 1.08. The van der Waals surface area contributed by atoms with Gasteiger partial charge in [0.15, 0.2) is 16.0 Å². The Hall–Kier alpha value is -1.28. The van der Waals surface area contributed by atoms with Gasteiger partial charge in [-0.2, -0.15) is 4.73 Å². The molecule has 0 spiro atoms. The summed E-state index contributed by atoms with van der Waals surface area (Å²) in [6.45, 7) is 4.53. The number of carbonyl (C=O) groups excluding carboxylic acids is 1. The highest BCUT2D eigenvalue weighted by Crippen LogP contribution is 2.21. The minimum Gasteiger partial charge on any atom is -0.618 e. The zero-order valence-corrected chi connectivity index (χ0v) is 15.0. The Labute approximate surface area is 141 Å². The predicted molar refractivity (Wildman–Crippen MR) is 89.7 cm³/mol. The number of carbonyl (C=O) groups is 1. The Morgan fingerprint density at radius 1 is 1.48 bits per heavy atom. The van der Waals surface area contributed by atoms with Crippen LogP contribution in [0.3, 0.4) is 0 Å². The molecule has 0 aromatic carbocycles. The van der Waals surface area contributed by atoms with Gasteiger partial charge < -0.3 is 10.1 Å². The molecule has 1 saturated heterocycles. The Balaban J connectivity index is 2.04. The molecule has 1 aliphatic heterocycles. The van der Waals surface area contributed by atoms with E-state index in [4.69, 9.17) is 0 Å². The number of pyridine rings is 1. The van der Waals surface area contributed by atoms with Gasteiger partial charge in [0.25, 0.3) is 5.03 Å². The van der Waals surface area contributed by atoms with E-state index < -0.39 is 9.84 Å². The normalized spacial score (nSPS) is 19.9. The maximum absolute atomic E-state index is 12.6. The van der Waals surface area contributed by atoms with Crippen LogP contribution in [0.25, 0.3) is 0 Å². The quantitative estimate of drug-likeness (QED) is 0.432. The van der Waals surface area contributed by atoms with Crippen LogP contribution in [-0.4, -0.2) is 49.1 Å². The molecule has 0 radical (unpaired) electrons. The van der Waals surface area contributed by atoms with Crippen molar-refractivity contribution in [2.24, 2.45) is 5.92 Å². The van der Waals surface area contributed by atoms with Crippen molar-refractivity contribution in [1.29, 1.82) is 0 Å². The lowest BCUT2D eigenvalue weighted by Gasteiger charge is -2.29. The van der Waals surface area contributed by atoms with Gasteiger partial charge in [-0.05, 0) is 30.2 Å². The van der Waals surface area contributed by atoms with Gasteiger partial charge in [-0.15, -0.1) is 0 Å². The van der Waals surface area contributed by atoms with Crippen LogP contribution in [0.2, 0.25) is 0 Å². The zero-order chi connectivity index (χ0) is 17.0. The van der Waals surface area contributed by atoms with Gasteiger partial charge in [0.1, 0.15) is 0 Å². The highest BCUT2D eigenvalue weighted by Gasteiger charge is 2.34. The Kier molecular flexibility index (Phi) is 5.91. The first-order chi connectivity index (χ1) is 10.8. The van der Waals surface area contributed by atoms with Crippen LogP contribution in [0.15, 0.2) is 29.4 Å². The zero-order valence-electron chi connectivity index (χ0n) is 13.3. The van der Waals surface area contributed by atoms with Gasteiger partial charge in [0.2, 0.25) is 5.91 Å². The van der Waals surface area contributed by atoms with Gasteiger partial charge >= 0.3 is 0 Å². The van der Waals surface area contributed by atoms with Crippen molar-refractivity contribution in [2.75, 3.05) is 23.8 Å². The molecule has 2 heterocycles. The van der Waals surface area contributed by atoms with Crippen LogP contribution < -0.4 is 4.73 Å². The average Bonchev–Trinajstić information content (AvgIpc) is 2.83. The second kappa shape index (κ2) is 7.53. The summed E-state index contributed by atoms with van der Waals surface area (Å²) >= 11 is 1.18. The van der Waals surface area contributed by atoms with E-state index in [9.17, 15) is 18.4 Å². The monoisotopic (exact) mass is 358 g/mol. The summed E-state index contributed by atoms with van der Waals surface area (Å²) in [5.41, 5.74) is 0. The smallest absolute Gasteiger partial charge is 0.251 e. The molecular formula is C15H22N2O4S2. The molecule has 1 atom stereocenters. The third-order valence-electron chi connectivity index (χ3n) is 3.66. The summed E-state index contributed by atoms with van der Waals surface area (Å²) < 4.78 is 24.1. The topological polar surface area (TPSA) is 81.4 Å².